The number of aromatic nitrogens is 1. The minimum atomic E-state index is -1.05. The summed E-state index contributed by atoms with van der Waals surface area (Å²) >= 11 is 0. The average Bonchev–Trinajstić information content (AvgIpc) is 3.03. The van der Waals surface area contributed by atoms with Gasteiger partial charge in [-0.05, 0) is 12.1 Å². The van der Waals surface area contributed by atoms with Crippen molar-refractivity contribution in [3.63, 3.8) is 0 Å². The monoisotopic (exact) mass is 345 g/mol. The molecular weight excluding hydrogens is 322 g/mol. The van der Waals surface area contributed by atoms with Crippen LogP contribution in [0, 0.1) is 10.8 Å². The van der Waals surface area contributed by atoms with Gasteiger partial charge in [0.05, 0.1) is 18.4 Å². The molecule has 0 spiro atoms. The SMILES string of the molecule is CC(C)(C)C12OOC1(c1ccc(-c3ccno3)c(O)c1)OCC2(C)C. The van der Waals surface area contributed by atoms with E-state index in [-0.39, 0.29) is 16.6 Å². The van der Waals surface area contributed by atoms with Crippen LogP contribution < -0.4 is 0 Å². The Balaban J connectivity index is 1.83. The average molecular weight is 345 g/mol. The fraction of sp³-hybridized carbons (Fsp3) is 0.526. The minimum absolute atomic E-state index is 0.0789. The molecule has 2 aliphatic rings. The van der Waals surface area contributed by atoms with Crippen LogP contribution >= 0.6 is 0 Å². The number of rotatable bonds is 2. The summed E-state index contributed by atoms with van der Waals surface area (Å²) in [4.78, 5) is 11.4. The van der Waals surface area contributed by atoms with Crippen LogP contribution in [0.2, 0.25) is 0 Å². The zero-order valence-corrected chi connectivity index (χ0v) is 15.1. The number of phenolic OH excluding ortho intramolecular Hbond substituents is 1. The van der Waals surface area contributed by atoms with Crippen LogP contribution in [-0.4, -0.2) is 22.5 Å². The van der Waals surface area contributed by atoms with Gasteiger partial charge in [0.25, 0.3) is 5.79 Å². The second kappa shape index (κ2) is 4.84. The first-order chi connectivity index (χ1) is 11.6. The molecule has 0 amide bonds. The second-order valence-electron chi connectivity index (χ2n) is 8.50. The van der Waals surface area contributed by atoms with Crippen LogP contribution in [0.4, 0.5) is 0 Å². The third kappa shape index (κ3) is 1.87. The topological polar surface area (TPSA) is 74.0 Å². The Hall–Kier alpha value is -1.89. The second-order valence-corrected chi connectivity index (χ2v) is 8.50. The first-order valence-electron chi connectivity index (χ1n) is 8.40. The molecule has 0 radical (unpaired) electrons. The van der Waals surface area contributed by atoms with Gasteiger partial charge in [0.2, 0.25) is 0 Å². The molecule has 1 aromatic heterocycles. The number of hydrogen-bond acceptors (Lipinski definition) is 6. The number of aromatic hydroxyl groups is 1. The van der Waals surface area contributed by atoms with Gasteiger partial charge in [0.1, 0.15) is 5.75 Å². The van der Waals surface area contributed by atoms with Crippen molar-refractivity contribution in [2.24, 2.45) is 10.8 Å². The van der Waals surface area contributed by atoms with Gasteiger partial charge in [0.15, 0.2) is 11.4 Å². The molecule has 6 heteroatoms. The van der Waals surface area contributed by atoms with Gasteiger partial charge in [-0.1, -0.05) is 45.8 Å². The van der Waals surface area contributed by atoms with Gasteiger partial charge in [-0.2, -0.15) is 4.89 Å². The molecule has 1 N–H and O–H groups in total. The van der Waals surface area contributed by atoms with Crippen LogP contribution in [0.1, 0.15) is 40.2 Å². The molecule has 2 aliphatic heterocycles. The van der Waals surface area contributed by atoms with E-state index in [9.17, 15) is 5.11 Å². The molecular formula is C19H23NO5. The molecule has 0 bridgehead atoms. The number of hydrogen-bond donors (Lipinski definition) is 1. The summed E-state index contributed by atoms with van der Waals surface area (Å²) in [6.07, 6.45) is 1.54. The zero-order valence-electron chi connectivity index (χ0n) is 15.1. The molecule has 134 valence electrons. The molecule has 2 saturated heterocycles. The van der Waals surface area contributed by atoms with Gasteiger partial charge in [-0.3, -0.25) is 0 Å². The van der Waals surface area contributed by atoms with Crippen LogP contribution in [0.15, 0.2) is 35.0 Å². The third-order valence-corrected chi connectivity index (χ3v) is 5.47. The smallest absolute Gasteiger partial charge is 0.261 e. The van der Waals surface area contributed by atoms with E-state index >= 15 is 0 Å². The first kappa shape index (κ1) is 16.6. The zero-order chi connectivity index (χ0) is 18.1. The van der Waals surface area contributed by atoms with Crippen LogP contribution in [-0.2, 0) is 20.3 Å². The maximum Gasteiger partial charge on any atom is 0.261 e. The number of fused-ring (bicyclic) bond motifs is 1. The maximum atomic E-state index is 10.5. The summed E-state index contributed by atoms with van der Waals surface area (Å²) < 4.78 is 11.3. The van der Waals surface area contributed by atoms with Crippen LogP contribution in [0.5, 0.6) is 5.75 Å². The highest BCUT2D eigenvalue weighted by molar-refractivity contribution is 5.66. The molecule has 4 rings (SSSR count). The minimum Gasteiger partial charge on any atom is -0.507 e. The maximum absolute atomic E-state index is 10.5. The van der Waals surface area contributed by atoms with Crippen molar-refractivity contribution >= 4 is 0 Å². The van der Waals surface area contributed by atoms with Gasteiger partial charge in [-0.25, -0.2) is 4.89 Å². The summed E-state index contributed by atoms with van der Waals surface area (Å²) in [5, 5.41) is 14.2. The highest BCUT2D eigenvalue weighted by Crippen LogP contribution is 2.69. The molecule has 0 saturated carbocycles. The molecule has 2 aromatic rings. The van der Waals surface area contributed by atoms with Crippen molar-refractivity contribution in [2.45, 2.75) is 46.0 Å². The predicted molar refractivity (Wildman–Crippen MR) is 89.4 cm³/mol. The Bertz CT molecular complexity index is 808. The van der Waals surface area contributed by atoms with Gasteiger partial charge in [0, 0.05) is 22.5 Å². The van der Waals surface area contributed by atoms with Crippen molar-refractivity contribution in [3.05, 3.63) is 36.0 Å². The Labute approximate surface area is 146 Å². The van der Waals surface area contributed by atoms with E-state index in [0.717, 1.165) is 5.56 Å². The van der Waals surface area contributed by atoms with Gasteiger partial charge < -0.3 is 14.4 Å². The molecule has 1 aromatic carbocycles. The van der Waals surface area contributed by atoms with E-state index in [1.54, 1.807) is 18.2 Å². The molecule has 6 nitrogen and oxygen atoms in total. The largest absolute Gasteiger partial charge is 0.507 e. The molecule has 2 atom stereocenters. The van der Waals surface area contributed by atoms with E-state index in [0.29, 0.717) is 17.9 Å². The fourth-order valence-corrected chi connectivity index (χ4v) is 4.54. The summed E-state index contributed by atoms with van der Waals surface area (Å²) in [6.45, 7) is 11.1. The third-order valence-electron chi connectivity index (χ3n) is 5.47. The number of phenols is 1. The standard InChI is InChI=1S/C19H23NO5/c1-16(2,3)19-17(4,5)11-22-18(19,24-25-19)12-6-7-13(14(21)10-12)15-8-9-20-23-15/h6-10,21H,11H2,1-5H3. The van der Waals surface area contributed by atoms with Gasteiger partial charge in [-0.15, -0.1) is 0 Å². The number of nitrogens with zero attached hydrogens (tertiary/aromatic N) is 1. The van der Waals surface area contributed by atoms with Crippen LogP contribution in [0.3, 0.4) is 0 Å². The Kier molecular flexibility index (Phi) is 3.21. The lowest BCUT2D eigenvalue weighted by Gasteiger charge is -2.61. The first-order valence-corrected chi connectivity index (χ1v) is 8.40. The van der Waals surface area contributed by atoms with Crippen molar-refractivity contribution in [1.29, 1.82) is 0 Å². The Morgan fingerprint density at radius 3 is 2.40 bits per heavy atom. The summed E-state index contributed by atoms with van der Waals surface area (Å²) in [6, 6.07) is 7.01. The van der Waals surface area contributed by atoms with Crippen molar-refractivity contribution < 1.29 is 24.1 Å². The molecule has 0 aliphatic carbocycles. The lowest BCUT2D eigenvalue weighted by atomic mass is 9.57. The van der Waals surface area contributed by atoms with Crippen molar-refractivity contribution in [2.75, 3.05) is 6.61 Å². The van der Waals surface area contributed by atoms with E-state index in [1.165, 1.54) is 6.20 Å². The predicted octanol–water partition coefficient (Wildman–Crippen LogP) is 4.00. The highest BCUT2D eigenvalue weighted by Gasteiger charge is 2.81. The summed E-state index contributed by atoms with van der Waals surface area (Å²) in [7, 11) is 0. The number of benzene rings is 1. The van der Waals surface area contributed by atoms with E-state index in [4.69, 9.17) is 19.0 Å². The summed E-state index contributed by atoms with van der Waals surface area (Å²) in [5.74, 6) is -0.469. The molecule has 2 fully saturated rings. The molecule has 3 heterocycles. The van der Waals surface area contributed by atoms with Gasteiger partial charge >= 0.3 is 0 Å². The van der Waals surface area contributed by atoms with Crippen molar-refractivity contribution in [1.82, 2.24) is 5.16 Å². The molecule has 2 unspecified atom stereocenters. The van der Waals surface area contributed by atoms with E-state index in [1.807, 2.05) is 6.07 Å². The fourth-order valence-electron chi connectivity index (χ4n) is 4.54. The Morgan fingerprint density at radius 1 is 1.12 bits per heavy atom. The lowest BCUT2D eigenvalue weighted by molar-refractivity contribution is -0.626. The van der Waals surface area contributed by atoms with E-state index in [2.05, 4.69) is 39.8 Å². The Morgan fingerprint density at radius 2 is 1.88 bits per heavy atom. The highest BCUT2D eigenvalue weighted by atomic mass is 17.3. The summed E-state index contributed by atoms with van der Waals surface area (Å²) in [5.41, 5.74) is 0.108. The molecule has 25 heavy (non-hydrogen) atoms. The van der Waals surface area contributed by atoms with E-state index < -0.39 is 11.4 Å². The normalized spacial score (nSPS) is 30.8. The van der Waals surface area contributed by atoms with Crippen LogP contribution in [0.25, 0.3) is 11.3 Å². The van der Waals surface area contributed by atoms with Crippen molar-refractivity contribution in [3.8, 4) is 17.1 Å². The quantitative estimate of drug-likeness (QED) is 0.829. The number of ether oxygens (including phenoxy) is 1. The lowest BCUT2D eigenvalue weighted by Crippen LogP contribution is -2.72.